The van der Waals surface area contributed by atoms with Crippen LogP contribution >= 0.6 is 0 Å². The van der Waals surface area contributed by atoms with Crippen LogP contribution in [-0.2, 0) is 4.74 Å². The highest BCUT2D eigenvalue weighted by atomic mass is 16.6. The minimum absolute atomic E-state index is 0.0520. The first kappa shape index (κ1) is 16.9. The number of rotatable bonds is 6. The molecule has 0 spiro atoms. The van der Waals surface area contributed by atoms with E-state index in [-0.39, 0.29) is 29.4 Å². The molecule has 132 valence electrons. The van der Waals surface area contributed by atoms with Crippen molar-refractivity contribution in [2.45, 2.75) is 25.9 Å². The van der Waals surface area contributed by atoms with Crippen molar-refractivity contribution < 1.29 is 9.66 Å². The molecule has 9 nitrogen and oxygen atoms in total. The number of benzene rings is 1. The summed E-state index contributed by atoms with van der Waals surface area (Å²) < 4.78 is 5.53. The van der Waals surface area contributed by atoms with Crippen molar-refractivity contribution in [3.05, 3.63) is 39.9 Å². The Labute approximate surface area is 144 Å². The molecule has 0 amide bonds. The predicted molar refractivity (Wildman–Crippen MR) is 95.0 cm³/mol. The molecule has 1 aliphatic heterocycles. The average molecular weight is 344 g/mol. The van der Waals surface area contributed by atoms with Gasteiger partial charge in [0.1, 0.15) is 0 Å². The molecule has 3 rings (SSSR count). The van der Waals surface area contributed by atoms with Gasteiger partial charge in [-0.25, -0.2) is 0 Å². The number of aromatic nitrogens is 2. The number of nitrogens with zero attached hydrogens (tertiary/aromatic N) is 3. The standard InChI is InChI=1S/C16H20N6O3/c1-10-4-6-11(7-5-10)19-15-13(22(23)24)14(17)20-16(21-15)18-9-12-3-2-8-25-12/h4-7,12H,2-3,8-9H2,1H3,(H4,17,18,19,20,21)/t12-/m1/s1. The fraction of sp³-hybridized carbons (Fsp3) is 0.375. The third-order valence-electron chi connectivity index (χ3n) is 3.92. The Morgan fingerprint density at radius 3 is 2.76 bits per heavy atom. The van der Waals surface area contributed by atoms with E-state index in [4.69, 9.17) is 10.5 Å². The lowest BCUT2D eigenvalue weighted by Crippen LogP contribution is -2.20. The van der Waals surface area contributed by atoms with Crippen LogP contribution in [-0.4, -0.2) is 34.1 Å². The van der Waals surface area contributed by atoms with E-state index in [0.717, 1.165) is 25.0 Å². The van der Waals surface area contributed by atoms with Crippen LogP contribution in [0.2, 0.25) is 0 Å². The number of nitrogens with one attached hydrogen (secondary N) is 2. The summed E-state index contributed by atoms with van der Waals surface area (Å²) >= 11 is 0. The number of nitro groups is 1. The van der Waals surface area contributed by atoms with E-state index in [0.29, 0.717) is 12.2 Å². The number of anilines is 4. The Bertz CT molecular complexity index is 759. The first-order valence-corrected chi connectivity index (χ1v) is 8.04. The smallest absolute Gasteiger partial charge is 0.353 e. The molecule has 0 bridgehead atoms. The van der Waals surface area contributed by atoms with Gasteiger partial charge in [0.05, 0.1) is 11.0 Å². The Morgan fingerprint density at radius 2 is 2.12 bits per heavy atom. The second-order valence-electron chi connectivity index (χ2n) is 5.89. The number of nitrogen functional groups attached to an aromatic ring is 1. The molecular formula is C16H20N6O3. The van der Waals surface area contributed by atoms with Gasteiger partial charge in [0.2, 0.25) is 17.6 Å². The van der Waals surface area contributed by atoms with Crippen LogP contribution < -0.4 is 16.4 Å². The molecule has 9 heteroatoms. The van der Waals surface area contributed by atoms with Crippen LogP contribution in [0.3, 0.4) is 0 Å². The largest absolute Gasteiger partial charge is 0.378 e. The van der Waals surface area contributed by atoms with Gasteiger partial charge in [0.25, 0.3) is 0 Å². The van der Waals surface area contributed by atoms with Crippen molar-refractivity contribution in [3.8, 4) is 0 Å². The van der Waals surface area contributed by atoms with E-state index >= 15 is 0 Å². The minimum Gasteiger partial charge on any atom is -0.378 e. The maximum Gasteiger partial charge on any atom is 0.353 e. The molecule has 2 aromatic rings. The number of hydrogen-bond acceptors (Lipinski definition) is 8. The first-order chi connectivity index (χ1) is 12.0. The molecule has 1 saturated heterocycles. The molecule has 0 aliphatic carbocycles. The molecule has 2 heterocycles. The molecule has 1 aromatic heterocycles. The maximum atomic E-state index is 11.3. The highest BCUT2D eigenvalue weighted by Gasteiger charge is 2.24. The van der Waals surface area contributed by atoms with Gasteiger partial charge in [0, 0.05) is 18.8 Å². The predicted octanol–water partition coefficient (Wildman–Crippen LogP) is 2.61. The van der Waals surface area contributed by atoms with Crippen LogP contribution in [0.15, 0.2) is 24.3 Å². The third kappa shape index (κ3) is 4.13. The molecule has 1 atom stereocenters. The fourth-order valence-corrected chi connectivity index (χ4v) is 2.60. The zero-order valence-corrected chi connectivity index (χ0v) is 13.9. The molecule has 4 N–H and O–H groups in total. The SMILES string of the molecule is Cc1ccc(Nc2nc(NC[C@H]3CCCO3)nc(N)c2[N+](=O)[O-])cc1. The average Bonchev–Trinajstić information content (AvgIpc) is 3.08. The van der Waals surface area contributed by atoms with Crippen LogP contribution in [0.25, 0.3) is 0 Å². The van der Waals surface area contributed by atoms with E-state index in [2.05, 4.69) is 20.6 Å². The molecular weight excluding hydrogens is 324 g/mol. The van der Waals surface area contributed by atoms with Crippen molar-refractivity contribution in [2.75, 3.05) is 29.5 Å². The lowest BCUT2D eigenvalue weighted by atomic mass is 10.2. The van der Waals surface area contributed by atoms with E-state index in [1.54, 1.807) is 0 Å². The molecule has 1 aromatic carbocycles. The lowest BCUT2D eigenvalue weighted by Gasteiger charge is -2.13. The van der Waals surface area contributed by atoms with Gasteiger partial charge in [-0.15, -0.1) is 0 Å². The zero-order valence-electron chi connectivity index (χ0n) is 13.9. The topological polar surface area (TPSA) is 128 Å². The summed E-state index contributed by atoms with van der Waals surface area (Å²) in [6, 6.07) is 7.43. The van der Waals surface area contributed by atoms with Gasteiger partial charge >= 0.3 is 5.69 Å². The number of nitrogens with two attached hydrogens (primary N) is 1. The van der Waals surface area contributed by atoms with E-state index in [1.807, 2.05) is 31.2 Å². The third-order valence-corrected chi connectivity index (χ3v) is 3.92. The van der Waals surface area contributed by atoms with Crippen molar-refractivity contribution in [1.29, 1.82) is 0 Å². The van der Waals surface area contributed by atoms with Crippen LogP contribution in [0, 0.1) is 17.0 Å². The molecule has 1 aliphatic rings. The second kappa shape index (κ2) is 7.31. The van der Waals surface area contributed by atoms with Gasteiger partial charge in [0.15, 0.2) is 0 Å². The number of aryl methyl sites for hydroxylation is 1. The lowest BCUT2D eigenvalue weighted by molar-refractivity contribution is -0.383. The quantitative estimate of drug-likeness (QED) is 0.539. The Morgan fingerprint density at radius 1 is 1.36 bits per heavy atom. The molecule has 1 fully saturated rings. The molecule has 0 saturated carbocycles. The Kier molecular flexibility index (Phi) is 4.94. The first-order valence-electron chi connectivity index (χ1n) is 8.04. The number of hydrogen-bond donors (Lipinski definition) is 3. The van der Waals surface area contributed by atoms with Gasteiger partial charge < -0.3 is 21.1 Å². The summed E-state index contributed by atoms with van der Waals surface area (Å²) in [5, 5.41) is 17.3. The van der Waals surface area contributed by atoms with Crippen LogP contribution in [0.4, 0.5) is 29.0 Å². The highest BCUT2D eigenvalue weighted by molar-refractivity contribution is 5.74. The molecule has 25 heavy (non-hydrogen) atoms. The van der Waals surface area contributed by atoms with Crippen LogP contribution in [0.5, 0.6) is 0 Å². The Balaban J connectivity index is 1.84. The van der Waals surface area contributed by atoms with Gasteiger partial charge in [-0.3, -0.25) is 10.1 Å². The van der Waals surface area contributed by atoms with Gasteiger partial charge in [-0.1, -0.05) is 17.7 Å². The summed E-state index contributed by atoms with van der Waals surface area (Å²) in [4.78, 5) is 19.0. The summed E-state index contributed by atoms with van der Waals surface area (Å²) in [5.41, 5.74) is 7.20. The molecule has 0 radical (unpaired) electrons. The van der Waals surface area contributed by atoms with E-state index in [9.17, 15) is 10.1 Å². The second-order valence-corrected chi connectivity index (χ2v) is 5.89. The van der Waals surface area contributed by atoms with Crippen molar-refractivity contribution >= 4 is 29.0 Å². The molecule has 0 unspecified atom stereocenters. The van der Waals surface area contributed by atoms with Gasteiger partial charge in [-0.05, 0) is 31.9 Å². The van der Waals surface area contributed by atoms with Gasteiger partial charge in [-0.2, -0.15) is 9.97 Å². The normalized spacial score (nSPS) is 16.6. The minimum atomic E-state index is -0.588. The maximum absolute atomic E-state index is 11.3. The van der Waals surface area contributed by atoms with E-state index < -0.39 is 4.92 Å². The van der Waals surface area contributed by atoms with Crippen molar-refractivity contribution in [2.24, 2.45) is 0 Å². The van der Waals surface area contributed by atoms with E-state index in [1.165, 1.54) is 0 Å². The zero-order chi connectivity index (χ0) is 17.8. The number of ether oxygens (including phenoxy) is 1. The summed E-state index contributed by atoms with van der Waals surface area (Å²) in [7, 11) is 0. The van der Waals surface area contributed by atoms with Crippen LogP contribution in [0.1, 0.15) is 18.4 Å². The Hall–Kier alpha value is -2.94. The summed E-state index contributed by atoms with van der Waals surface area (Å²) in [6.45, 7) is 3.24. The fourth-order valence-electron chi connectivity index (χ4n) is 2.60. The van der Waals surface area contributed by atoms with Crippen molar-refractivity contribution in [1.82, 2.24) is 9.97 Å². The van der Waals surface area contributed by atoms with Crippen molar-refractivity contribution in [3.63, 3.8) is 0 Å². The summed E-state index contributed by atoms with van der Waals surface area (Å²) in [5.74, 6) is 0.0915. The highest BCUT2D eigenvalue weighted by Crippen LogP contribution is 2.31. The monoisotopic (exact) mass is 344 g/mol. The summed E-state index contributed by atoms with van der Waals surface area (Å²) in [6.07, 6.45) is 2.08.